The molecule has 3 aliphatic rings. The minimum absolute atomic E-state index is 0.116. The molecule has 0 aliphatic carbocycles. The minimum Gasteiger partial charge on any atom is -0.370 e. The molecule has 3 N–H and O–H groups in total. The molecule has 23 heavy (non-hydrogen) atoms. The number of fused-ring (bicyclic) bond motifs is 1. The molecule has 3 heterocycles. The lowest BCUT2D eigenvalue weighted by Gasteiger charge is -2.15. The number of carbonyl (C=O) groups excluding carboxylic acids is 3. The molecule has 0 bridgehead atoms. The number of hydroxylamine groups is 2. The Morgan fingerprint density at radius 3 is 2.83 bits per heavy atom. The first-order chi connectivity index (χ1) is 11.0. The van der Waals surface area contributed by atoms with Crippen LogP contribution in [0.1, 0.15) is 38.5 Å². The molecule has 0 saturated carbocycles. The fraction of sp³-hybridized carbons (Fsp3) is 0.714. The lowest BCUT2D eigenvalue weighted by atomic mass is 10.0. The highest BCUT2D eigenvalue weighted by atomic mass is 32.2. The molecule has 0 aromatic rings. The van der Waals surface area contributed by atoms with E-state index >= 15 is 0 Å². The zero-order valence-electron chi connectivity index (χ0n) is 12.7. The molecule has 0 aromatic heterocycles. The Morgan fingerprint density at radius 2 is 2.09 bits per heavy atom. The van der Waals surface area contributed by atoms with Crippen molar-refractivity contribution in [3.05, 3.63) is 0 Å². The SMILES string of the molecule is NC1=N[C@@H]2C(CCCCC(=O)ON3C(=O)CCC3=O)SC[C@@H]2N1. The first-order valence-corrected chi connectivity index (χ1v) is 8.87. The molecule has 1 unspecified atom stereocenters. The molecule has 3 rings (SSSR count). The quantitative estimate of drug-likeness (QED) is 0.513. The van der Waals surface area contributed by atoms with E-state index in [9.17, 15) is 14.4 Å². The number of carbonyl (C=O) groups is 3. The van der Waals surface area contributed by atoms with E-state index in [-0.39, 0.29) is 25.3 Å². The van der Waals surface area contributed by atoms with Crippen LogP contribution in [-0.2, 0) is 19.2 Å². The van der Waals surface area contributed by atoms with Crippen LogP contribution in [0.25, 0.3) is 0 Å². The van der Waals surface area contributed by atoms with Crippen molar-refractivity contribution in [2.75, 3.05) is 5.75 Å². The summed E-state index contributed by atoms with van der Waals surface area (Å²) >= 11 is 1.88. The molecular weight excluding hydrogens is 320 g/mol. The Bertz CT molecular complexity index is 537. The fourth-order valence-electron chi connectivity index (χ4n) is 3.05. The van der Waals surface area contributed by atoms with Crippen LogP contribution >= 0.6 is 11.8 Å². The van der Waals surface area contributed by atoms with Gasteiger partial charge in [-0.25, -0.2) is 9.79 Å². The number of unbranched alkanes of at least 4 members (excludes halogenated alkanes) is 1. The van der Waals surface area contributed by atoms with Crippen molar-refractivity contribution in [3.63, 3.8) is 0 Å². The second kappa shape index (κ2) is 6.77. The van der Waals surface area contributed by atoms with Crippen LogP contribution in [0.15, 0.2) is 4.99 Å². The van der Waals surface area contributed by atoms with E-state index in [2.05, 4.69) is 10.3 Å². The van der Waals surface area contributed by atoms with Crippen LogP contribution < -0.4 is 11.1 Å². The van der Waals surface area contributed by atoms with Gasteiger partial charge in [0.15, 0.2) is 5.96 Å². The van der Waals surface area contributed by atoms with Crippen LogP contribution in [0.2, 0.25) is 0 Å². The van der Waals surface area contributed by atoms with Crippen LogP contribution in [-0.4, -0.2) is 51.9 Å². The maximum Gasteiger partial charge on any atom is 0.333 e. The van der Waals surface area contributed by atoms with Crippen molar-refractivity contribution in [3.8, 4) is 0 Å². The number of aliphatic imine (C=N–C) groups is 1. The van der Waals surface area contributed by atoms with Gasteiger partial charge in [-0.1, -0.05) is 6.42 Å². The Balaban J connectivity index is 1.35. The van der Waals surface area contributed by atoms with Crippen molar-refractivity contribution in [1.29, 1.82) is 0 Å². The maximum atomic E-state index is 11.7. The van der Waals surface area contributed by atoms with Gasteiger partial charge in [0.05, 0.1) is 12.1 Å². The summed E-state index contributed by atoms with van der Waals surface area (Å²) in [7, 11) is 0. The summed E-state index contributed by atoms with van der Waals surface area (Å²) in [5.41, 5.74) is 5.69. The van der Waals surface area contributed by atoms with Crippen LogP contribution in [0, 0.1) is 0 Å². The predicted molar refractivity (Wildman–Crippen MR) is 84.2 cm³/mol. The van der Waals surface area contributed by atoms with Crippen LogP contribution in [0.4, 0.5) is 0 Å². The molecule has 2 fully saturated rings. The predicted octanol–water partition coefficient (Wildman–Crippen LogP) is -0.0755. The largest absolute Gasteiger partial charge is 0.370 e. The van der Waals surface area contributed by atoms with E-state index in [4.69, 9.17) is 10.6 Å². The molecule has 2 saturated heterocycles. The average Bonchev–Trinajstić information content (AvgIpc) is 3.14. The van der Waals surface area contributed by atoms with E-state index in [1.54, 1.807) is 0 Å². The van der Waals surface area contributed by atoms with Gasteiger partial charge in [0.1, 0.15) is 0 Å². The number of amides is 2. The van der Waals surface area contributed by atoms with Crippen molar-refractivity contribution in [1.82, 2.24) is 10.4 Å². The molecular formula is C14H20N4O4S. The van der Waals surface area contributed by atoms with Crippen molar-refractivity contribution >= 4 is 35.5 Å². The van der Waals surface area contributed by atoms with Gasteiger partial charge in [0, 0.05) is 30.3 Å². The molecule has 2 amide bonds. The highest BCUT2D eigenvalue weighted by Gasteiger charge is 2.40. The molecule has 0 radical (unpaired) electrons. The summed E-state index contributed by atoms with van der Waals surface area (Å²) in [5, 5.41) is 4.19. The number of rotatable bonds is 6. The van der Waals surface area contributed by atoms with Gasteiger partial charge in [0.25, 0.3) is 11.8 Å². The topological polar surface area (TPSA) is 114 Å². The Morgan fingerprint density at radius 1 is 1.35 bits per heavy atom. The molecule has 0 aromatic carbocycles. The molecule has 9 heteroatoms. The van der Waals surface area contributed by atoms with Gasteiger partial charge in [-0.15, -0.1) is 5.06 Å². The summed E-state index contributed by atoms with van der Waals surface area (Å²) in [6.07, 6.45) is 2.92. The van der Waals surface area contributed by atoms with E-state index in [1.807, 2.05) is 11.8 Å². The second-order valence-corrected chi connectivity index (χ2v) is 7.19. The standard InChI is InChI=1S/C14H20N4O4S/c15-14-16-8-7-23-9(13(8)17-14)3-1-2-4-12(21)22-18-10(19)5-6-11(18)20/h8-9,13H,1-7H2,(H3,15,16,17)/t8-,9?,13-/m0/s1. The number of nitrogens with one attached hydrogen (secondary N) is 1. The number of guanidine groups is 1. The number of thioether (sulfide) groups is 1. The van der Waals surface area contributed by atoms with E-state index in [0.29, 0.717) is 28.7 Å². The smallest absolute Gasteiger partial charge is 0.333 e. The lowest BCUT2D eigenvalue weighted by molar-refractivity contribution is -0.197. The van der Waals surface area contributed by atoms with Crippen molar-refractivity contribution in [2.24, 2.45) is 10.7 Å². The maximum absolute atomic E-state index is 11.7. The van der Waals surface area contributed by atoms with Gasteiger partial charge >= 0.3 is 5.97 Å². The monoisotopic (exact) mass is 340 g/mol. The molecule has 3 atom stereocenters. The number of nitrogens with two attached hydrogens (primary N) is 1. The summed E-state index contributed by atoms with van der Waals surface area (Å²) in [5.74, 6) is 0.104. The number of hydrogen-bond acceptors (Lipinski definition) is 8. The molecule has 8 nitrogen and oxygen atoms in total. The van der Waals surface area contributed by atoms with Gasteiger partial charge in [0.2, 0.25) is 0 Å². The van der Waals surface area contributed by atoms with E-state index in [1.165, 1.54) is 0 Å². The molecule has 0 spiro atoms. The number of hydrogen-bond donors (Lipinski definition) is 2. The third kappa shape index (κ3) is 3.60. The third-order valence-electron chi connectivity index (χ3n) is 4.22. The highest BCUT2D eigenvalue weighted by molar-refractivity contribution is 8.00. The van der Waals surface area contributed by atoms with Gasteiger partial charge in [-0.2, -0.15) is 11.8 Å². The summed E-state index contributed by atoms with van der Waals surface area (Å²) in [6, 6.07) is 0.564. The summed E-state index contributed by atoms with van der Waals surface area (Å²) < 4.78 is 0. The van der Waals surface area contributed by atoms with Crippen LogP contribution in [0.5, 0.6) is 0 Å². The van der Waals surface area contributed by atoms with Crippen molar-refractivity contribution < 1.29 is 19.2 Å². The van der Waals surface area contributed by atoms with Gasteiger partial charge in [-0.3, -0.25) is 9.59 Å². The zero-order chi connectivity index (χ0) is 16.4. The summed E-state index contributed by atoms with van der Waals surface area (Å²) in [4.78, 5) is 43.6. The lowest BCUT2D eigenvalue weighted by Crippen LogP contribution is -2.38. The first kappa shape index (κ1) is 16.1. The number of imide groups is 1. The van der Waals surface area contributed by atoms with Crippen molar-refractivity contribution in [2.45, 2.75) is 55.9 Å². The van der Waals surface area contributed by atoms with Crippen LogP contribution in [0.3, 0.4) is 0 Å². The normalized spacial score (nSPS) is 29.5. The van der Waals surface area contributed by atoms with E-state index < -0.39 is 17.8 Å². The fourth-order valence-corrected chi connectivity index (χ4v) is 4.56. The average molecular weight is 340 g/mol. The second-order valence-electron chi connectivity index (χ2n) is 5.92. The highest BCUT2D eigenvalue weighted by Crippen LogP contribution is 2.35. The Labute approximate surface area is 138 Å². The minimum atomic E-state index is -0.532. The van der Waals surface area contributed by atoms with Gasteiger partial charge < -0.3 is 15.9 Å². The molecule has 3 aliphatic heterocycles. The Kier molecular flexibility index (Phi) is 4.74. The zero-order valence-corrected chi connectivity index (χ0v) is 13.5. The first-order valence-electron chi connectivity index (χ1n) is 7.82. The van der Waals surface area contributed by atoms with E-state index in [0.717, 1.165) is 18.6 Å². The number of nitrogens with zero attached hydrogens (tertiary/aromatic N) is 2. The van der Waals surface area contributed by atoms with Gasteiger partial charge in [-0.05, 0) is 12.8 Å². The summed E-state index contributed by atoms with van der Waals surface area (Å²) in [6.45, 7) is 0. The third-order valence-corrected chi connectivity index (χ3v) is 5.72. The Hall–Kier alpha value is -1.77. The molecule has 126 valence electrons.